The van der Waals surface area contributed by atoms with Crippen molar-refractivity contribution in [1.82, 2.24) is 0 Å². The number of nitriles is 1. The number of carbonyl (C=O) groups is 2. The summed E-state index contributed by atoms with van der Waals surface area (Å²) in [6.07, 6.45) is -1.82. The highest BCUT2D eigenvalue weighted by atomic mass is 16.6. The Morgan fingerprint density at radius 2 is 1.64 bits per heavy atom. The summed E-state index contributed by atoms with van der Waals surface area (Å²) in [6.45, 7) is 3.03. The van der Waals surface area contributed by atoms with Crippen LogP contribution in [0.25, 0.3) is 0 Å². The molecule has 2 atom stereocenters. The largest absolute Gasteiger partial charge is 0.479 e. The molecule has 128 valence electrons. The Balaban J connectivity index is 1.86. The standard InChI is InChI=1S/C19H18N2O4/c1-13(18(22)21-16-10-8-15(12-20)9-11-16)25-19(23)14(2)24-17-6-4-3-5-7-17/h3-11,13-14H,1-2H3,(H,21,22)/t13-,14+/m1/s1. The molecule has 1 amide bonds. The lowest BCUT2D eigenvalue weighted by molar-refractivity contribution is -0.159. The van der Waals surface area contributed by atoms with Crippen LogP contribution in [-0.2, 0) is 14.3 Å². The second kappa shape index (κ2) is 8.50. The average Bonchev–Trinajstić information content (AvgIpc) is 2.63. The molecule has 0 radical (unpaired) electrons. The number of para-hydroxylation sites is 1. The molecular formula is C19H18N2O4. The van der Waals surface area contributed by atoms with Gasteiger partial charge in [0.2, 0.25) is 0 Å². The Labute approximate surface area is 146 Å². The molecule has 2 aromatic carbocycles. The van der Waals surface area contributed by atoms with Gasteiger partial charge in [0.1, 0.15) is 5.75 Å². The van der Waals surface area contributed by atoms with Gasteiger partial charge in [-0.15, -0.1) is 0 Å². The molecule has 0 aliphatic carbocycles. The highest BCUT2D eigenvalue weighted by Gasteiger charge is 2.23. The van der Waals surface area contributed by atoms with Crippen molar-refractivity contribution < 1.29 is 19.1 Å². The van der Waals surface area contributed by atoms with Crippen molar-refractivity contribution in [2.45, 2.75) is 26.1 Å². The zero-order chi connectivity index (χ0) is 18.2. The van der Waals surface area contributed by atoms with Crippen molar-refractivity contribution in [3.8, 4) is 11.8 Å². The van der Waals surface area contributed by atoms with E-state index in [1.54, 1.807) is 55.5 Å². The summed E-state index contributed by atoms with van der Waals surface area (Å²) in [5, 5.41) is 11.4. The quantitative estimate of drug-likeness (QED) is 0.818. The predicted octanol–water partition coefficient (Wildman–Crippen LogP) is 2.90. The first-order valence-electron chi connectivity index (χ1n) is 7.73. The normalized spacial score (nSPS) is 12.4. The predicted molar refractivity (Wildman–Crippen MR) is 91.9 cm³/mol. The molecular weight excluding hydrogens is 320 g/mol. The van der Waals surface area contributed by atoms with E-state index in [2.05, 4.69) is 5.32 Å². The van der Waals surface area contributed by atoms with Crippen LogP contribution in [0.2, 0.25) is 0 Å². The zero-order valence-electron chi connectivity index (χ0n) is 13.9. The number of esters is 1. The Morgan fingerprint density at radius 3 is 2.24 bits per heavy atom. The van der Waals surface area contributed by atoms with Gasteiger partial charge in [-0.25, -0.2) is 4.79 Å². The molecule has 0 saturated carbocycles. The minimum Gasteiger partial charge on any atom is -0.479 e. The van der Waals surface area contributed by atoms with Gasteiger partial charge in [0.15, 0.2) is 12.2 Å². The van der Waals surface area contributed by atoms with E-state index in [0.29, 0.717) is 17.0 Å². The van der Waals surface area contributed by atoms with Gasteiger partial charge in [0, 0.05) is 5.69 Å². The number of anilines is 1. The Kier molecular flexibility index (Phi) is 6.13. The molecule has 0 fully saturated rings. The van der Waals surface area contributed by atoms with Crippen molar-refractivity contribution in [3.05, 3.63) is 60.2 Å². The van der Waals surface area contributed by atoms with Crippen molar-refractivity contribution >= 4 is 17.6 Å². The average molecular weight is 338 g/mol. The van der Waals surface area contributed by atoms with Crippen molar-refractivity contribution in [3.63, 3.8) is 0 Å². The van der Waals surface area contributed by atoms with Gasteiger partial charge >= 0.3 is 5.97 Å². The van der Waals surface area contributed by atoms with Crippen LogP contribution in [0.1, 0.15) is 19.4 Å². The van der Waals surface area contributed by atoms with E-state index in [0.717, 1.165) is 0 Å². The highest BCUT2D eigenvalue weighted by molar-refractivity contribution is 5.95. The fourth-order valence-corrected chi connectivity index (χ4v) is 1.95. The molecule has 6 heteroatoms. The number of hydrogen-bond acceptors (Lipinski definition) is 5. The molecule has 0 saturated heterocycles. The monoisotopic (exact) mass is 338 g/mol. The molecule has 1 N–H and O–H groups in total. The molecule has 2 aromatic rings. The van der Waals surface area contributed by atoms with Crippen molar-refractivity contribution in [1.29, 1.82) is 5.26 Å². The Morgan fingerprint density at radius 1 is 1.00 bits per heavy atom. The summed E-state index contributed by atoms with van der Waals surface area (Å²) in [5.74, 6) is -0.557. The second-order valence-corrected chi connectivity index (χ2v) is 5.33. The fourth-order valence-electron chi connectivity index (χ4n) is 1.95. The van der Waals surface area contributed by atoms with Crippen LogP contribution in [0, 0.1) is 11.3 Å². The van der Waals surface area contributed by atoms with E-state index < -0.39 is 24.1 Å². The van der Waals surface area contributed by atoms with E-state index in [1.807, 2.05) is 12.1 Å². The molecule has 2 rings (SSSR count). The zero-order valence-corrected chi connectivity index (χ0v) is 13.9. The molecule has 25 heavy (non-hydrogen) atoms. The lowest BCUT2D eigenvalue weighted by Gasteiger charge is -2.17. The first-order valence-corrected chi connectivity index (χ1v) is 7.73. The van der Waals surface area contributed by atoms with Gasteiger partial charge in [-0.3, -0.25) is 4.79 Å². The minimum absolute atomic E-state index is 0.468. The number of rotatable bonds is 6. The van der Waals surface area contributed by atoms with Crippen LogP contribution in [0.3, 0.4) is 0 Å². The maximum absolute atomic E-state index is 12.1. The fraction of sp³-hybridized carbons (Fsp3) is 0.211. The topological polar surface area (TPSA) is 88.4 Å². The van der Waals surface area contributed by atoms with Crippen LogP contribution in [0.15, 0.2) is 54.6 Å². The van der Waals surface area contributed by atoms with E-state index in [9.17, 15) is 9.59 Å². The number of nitrogens with zero attached hydrogens (tertiary/aromatic N) is 1. The highest BCUT2D eigenvalue weighted by Crippen LogP contribution is 2.13. The third kappa shape index (κ3) is 5.36. The first kappa shape index (κ1) is 18.0. The third-order valence-corrected chi connectivity index (χ3v) is 3.33. The summed E-state index contributed by atoms with van der Waals surface area (Å²) in [5.41, 5.74) is 1.00. The summed E-state index contributed by atoms with van der Waals surface area (Å²) >= 11 is 0. The number of benzene rings is 2. The summed E-state index contributed by atoms with van der Waals surface area (Å²) in [4.78, 5) is 24.1. The van der Waals surface area contributed by atoms with Gasteiger partial charge in [-0.1, -0.05) is 18.2 Å². The van der Waals surface area contributed by atoms with Crippen LogP contribution >= 0.6 is 0 Å². The summed E-state index contributed by atoms with van der Waals surface area (Å²) in [6, 6.07) is 17.2. The van der Waals surface area contributed by atoms with Gasteiger partial charge in [-0.05, 0) is 50.2 Å². The molecule has 0 aliphatic heterocycles. The van der Waals surface area contributed by atoms with E-state index >= 15 is 0 Å². The van der Waals surface area contributed by atoms with Crippen LogP contribution in [0.5, 0.6) is 5.75 Å². The van der Waals surface area contributed by atoms with Crippen LogP contribution in [0.4, 0.5) is 5.69 Å². The lowest BCUT2D eigenvalue weighted by atomic mass is 10.2. The summed E-state index contributed by atoms with van der Waals surface area (Å²) < 4.78 is 10.6. The molecule has 0 bridgehead atoms. The number of nitrogens with one attached hydrogen (secondary N) is 1. The molecule has 0 unspecified atom stereocenters. The van der Waals surface area contributed by atoms with Crippen LogP contribution in [-0.4, -0.2) is 24.1 Å². The van der Waals surface area contributed by atoms with Gasteiger partial charge < -0.3 is 14.8 Å². The third-order valence-electron chi connectivity index (χ3n) is 3.33. The smallest absolute Gasteiger partial charge is 0.347 e. The molecule has 0 aromatic heterocycles. The molecule has 0 aliphatic rings. The van der Waals surface area contributed by atoms with Crippen molar-refractivity contribution in [2.24, 2.45) is 0 Å². The maximum atomic E-state index is 12.1. The van der Waals surface area contributed by atoms with Gasteiger partial charge in [-0.2, -0.15) is 5.26 Å². The Hall–Kier alpha value is -3.33. The number of amides is 1. The first-order chi connectivity index (χ1) is 12.0. The van der Waals surface area contributed by atoms with E-state index in [-0.39, 0.29) is 0 Å². The Bertz CT molecular complexity index is 766. The molecule has 6 nitrogen and oxygen atoms in total. The number of ether oxygens (including phenoxy) is 2. The summed E-state index contributed by atoms with van der Waals surface area (Å²) in [7, 11) is 0. The lowest BCUT2D eigenvalue weighted by Crippen LogP contribution is -2.35. The number of carbonyl (C=O) groups excluding carboxylic acids is 2. The van der Waals surface area contributed by atoms with Gasteiger partial charge in [0.05, 0.1) is 11.6 Å². The maximum Gasteiger partial charge on any atom is 0.347 e. The minimum atomic E-state index is -0.982. The second-order valence-electron chi connectivity index (χ2n) is 5.33. The SMILES string of the molecule is C[C@H](Oc1ccccc1)C(=O)O[C@H](C)C(=O)Nc1ccc(C#N)cc1. The van der Waals surface area contributed by atoms with Gasteiger partial charge in [0.25, 0.3) is 5.91 Å². The van der Waals surface area contributed by atoms with E-state index in [1.165, 1.54) is 6.92 Å². The van der Waals surface area contributed by atoms with Crippen LogP contribution < -0.4 is 10.1 Å². The van der Waals surface area contributed by atoms with E-state index in [4.69, 9.17) is 14.7 Å². The number of hydrogen-bond donors (Lipinski definition) is 1. The van der Waals surface area contributed by atoms with Crippen molar-refractivity contribution in [2.75, 3.05) is 5.32 Å². The molecule has 0 heterocycles. The molecule has 0 spiro atoms.